The fourth-order valence-electron chi connectivity index (χ4n) is 2.75. The molecule has 0 spiro atoms. The van der Waals surface area contributed by atoms with Crippen molar-refractivity contribution in [2.75, 3.05) is 11.9 Å². The van der Waals surface area contributed by atoms with E-state index in [4.69, 9.17) is 10.5 Å². The number of ether oxygens (including phenoxy) is 1. The molecule has 4 heteroatoms. The molecule has 0 bridgehead atoms. The fraction of sp³-hybridized carbons (Fsp3) is 0.588. The van der Waals surface area contributed by atoms with Gasteiger partial charge in [0.25, 0.3) is 0 Å². The van der Waals surface area contributed by atoms with Crippen LogP contribution in [0.25, 0.3) is 0 Å². The Labute approximate surface area is 127 Å². The molecule has 1 aliphatic rings. The van der Waals surface area contributed by atoms with Gasteiger partial charge in [0.2, 0.25) is 5.91 Å². The predicted molar refractivity (Wildman–Crippen MR) is 85.4 cm³/mol. The predicted octanol–water partition coefficient (Wildman–Crippen LogP) is 3.32. The summed E-state index contributed by atoms with van der Waals surface area (Å²) in [5.74, 6) is 0.816. The van der Waals surface area contributed by atoms with E-state index in [2.05, 4.69) is 12.2 Å². The number of nitrogens with two attached hydrogens (primary N) is 1. The molecule has 3 N–H and O–H groups in total. The first-order valence-corrected chi connectivity index (χ1v) is 8.00. The molecule has 1 amide bonds. The Bertz CT molecular complexity index is 445. The molecular formula is C17H26N2O2. The minimum atomic E-state index is -0.0662. The van der Waals surface area contributed by atoms with Crippen LogP contribution < -0.4 is 15.8 Å². The van der Waals surface area contributed by atoms with Crippen LogP contribution in [-0.2, 0) is 4.79 Å². The second kappa shape index (κ2) is 8.03. The van der Waals surface area contributed by atoms with E-state index in [0.717, 1.165) is 43.5 Å². The molecule has 0 saturated heterocycles. The van der Waals surface area contributed by atoms with E-state index >= 15 is 0 Å². The van der Waals surface area contributed by atoms with E-state index in [1.165, 1.54) is 6.42 Å². The number of nitrogens with one attached hydrogen (secondary N) is 1. The van der Waals surface area contributed by atoms with Crippen molar-refractivity contribution < 1.29 is 9.53 Å². The molecule has 2 atom stereocenters. The van der Waals surface area contributed by atoms with Crippen molar-refractivity contribution in [2.24, 2.45) is 11.7 Å². The number of benzene rings is 1. The molecule has 1 saturated carbocycles. The smallest absolute Gasteiger partial charge is 0.229 e. The van der Waals surface area contributed by atoms with Crippen LogP contribution in [0.3, 0.4) is 0 Å². The van der Waals surface area contributed by atoms with Crippen molar-refractivity contribution >= 4 is 11.6 Å². The highest BCUT2D eigenvalue weighted by molar-refractivity contribution is 5.93. The van der Waals surface area contributed by atoms with Gasteiger partial charge in [-0.15, -0.1) is 0 Å². The summed E-state index contributed by atoms with van der Waals surface area (Å²) < 4.78 is 5.53. The summed E-state index contributed by atoms with van der Waals surface area (Å²) in [5, 5.41) is 2.98. The van der Waals surface area contributed by atoms with Crippen molar-refractivity contribution in [1.82, 2.24) is 0 Å². The SMILES string of the molecule is CCCOc1ccc(NC(=O)C2CCCCCC2N)cc1. The molecular weight excluding hydrogens is 264 g/mol. The minimum absolute atomic E-state index is 0.0142. The van der Waals surface area contributed by atoms with Crippen molar-refractivity contribution in [1.29, 1.82) is 0 Å². The van der Waals surface area contributed by atoms with Gasteiger partial charge in [0, 0.05) is 11.7 Å². The summed E-state index contributed by atoms with van der Waals surface area (Å²) >= 11 is 0. The van der Waals surface area contributed by atoms with Crippen molar-refractivity contribution in [3.8, 4) is 5.75 Å². The van der Waals surface area contributed by atoms with Crippen LogP contribution in [-0.4, -0.2) is 18.6 Å². The molecule has 2 rings (SSSR count). The maximum absolute atomic E-state index is 12.4. The van der Waals surface area contributed by atoms with Gasteiger partial charge in [0.1, 0.15) is 5.75 Å². The van der Waals surface area contributed by atoms with Crippen molar-refractivity contribution in [2.45, 2.75) is 51.5 Å². The Morgan fingerprint density at radius 2 is 1.95 bits per heavy atom. The Morgan fingerprint density at radius 3 is 2.67 bits per heavy atom. The van der Waals surface area contributed by atoms with Gasteiger partial charge in [-0.05, 0) is 43.5 Å². The maximum Gasteiger partial charge on any atom is 0.229 e. The lowest BCUT2D eigenvalue weighted by atomic mass is 9.94. The van der Waals surface area contributed by atoms with E-state index in [-0.39, 0.29) is 17.9 Å². The third-order valence-corrected chi connectivity index (χ3v) is 4.00. The van der Waals surface area contributed by atoms with Crippen LogP contribution in [0, 0.1) is 5.92 Å². The Kier molecular flexibility index (Phi) is 6.05. The van der Waals surface area contributed by atoms with E-state index in [1.807, 2.05) is 24.3 Å². The highest BCUT2D eigenvalue weighted by atomic mass is 16.5. The third-order valence-electron chi connectivity index (χ3n) is 4.00. The molecule has 116 valence electrons. The number of carbonyl (C=O) groups excluding carboxylic acids is 1. The second-order valence-electron chi connectivity index (χ2n) is 5.77. The first-order valence-electron chi connectivity index (χ1n) is 8.00. The number of carbonyl (C=O) groups is 1. The maximum atomic E-state index is 12.4. The lowest BCUT2D eigenvalue weighted by Gasteiger charge is -2.20. The Hall–Kier alpha value is -1.55. The quantitative estimate of drug-likeness (QED) is 0.818. The van der Waals surface area contributed by atoms with Crippen LogP contribution in [0.1, 0.15) is 45.4 Å². The first kappa shape index (κ1) is 15.8. The molecule has 1 fully saturated rings. The average Bonchev–Trinajstić information content (AvgIpc) is 2.71. The van der Waals surface area contributed by atoms with Crippen LogP contribution in [0.5, 0.6) is 5.75 Å². The van der Waals surface area contributed by atoms with Gasteiger partial charge in [-0.2, -0.15) is 0 Å². The van der Waals surface area contributed by atoms with E-state index in [1.54, 1.807) is 0 Å². The Morgan fingerprint density at radius 1 is 1.24 bits per heavy atom. The van der Waals surface area contributed by atoms with Crippen LogP contribution in [0.4, 0.5) is 5.69 Å². The van der Waals surface area contributed by atoms with Gasteiger partial charge in [-0.3, -0.25) is 4.79 Å². The lowest BCUT2D eigenvalue weighted by Crippen LogP contribution is -2.37. The summed E-state index contributed by atoms with van der Waals surface area (Å²) in [7, 11) is 0. The zero-order valence-electron chi connectivity index (χ0n) is 12.8. The molecule has 21 heavy (non-hydrogen) atoms. The number of amides is 1. The number of hydrogen-bond acceptors (Lipinski definition) is 3. The zero-order chi connectivity index (χ0) is 15.1. The molecule has 0 aromatic heterocycles. The van der Waals surface area contributed by atoms with Gasteiger partial charge in [-0.1, -0.05) is 26.2 Å². The number of hydrogen-bond donors (Lipinski definition) is 2. The molecule has 0 radical (unpaired) electrons. The molecule has 4 nitrogen and oxygen atoms in total. The summed E-state index contributed by atoms with van der Waals surface area (Å²) in [5.41, 5.74) is 6.94. The third kappa shape index (κ3) is 4.74. The highest BCUT2D eigenvalue weighted by Crippen LogP contribution is 2.24. The topological polar surface area (TPSA) is 64.3 Å². The minimum Gasteiger partial charge on any atom is -0.494 e. The van der Waals surface area contributed by atoms with Crippen LogP contribution in [0.2, 0.25) is 0 Å². The molecule has 0 aliphatic heterocycles. The summed E-state index contributed by atoms with van der Waals surface area (Å²) in [6.07, 6.45) is 6.23. The molecule has 1 aromatic rings. The largest absolute Gasteiger partial charge is 0.494 e. The van der Waals surface area contributed by atoms with Crippen molar-refractivity contribution in [3.05, 3.63) is 24.3 Å². The highest BCUT2D eigenvalue weighted by Gasteiger charge is 2.26. The molecule has 1 aliphatic carbocycles. The normalized spacial score (nSPS) is 22.4. The standard InChI is InChI=1S/C17H26N2O2/c1-2-12-21-14-10-8-13(9-11-14)19-17(20)15-6-4-3-5-7-16(15)18/h8-11,15-16H,2-7,12,18H2,1H3,(H,19,20). The summed E-state index contributed by atoms with van der Waals surface area (Å²) in [4.78, 5) is 12.4. The van der Waals surface area contributed by atoms with Gasteiger partial charge < -0.3 is 15.8 Å². The molecule has 0 heterocycles. The monoisotopic (exact) mass is 290 g/mol. The van der Waals surface area contributed by atoms with E-state index < -0.39 is 0 Å². The van der Waals surface area contributed by atoms with Crippen molar-refractivity contribution in [3.63, 3.8) is 0 Å². The van der Waals surface area contributed by atoms with Crippen LogP contribution >= 0.6 is 0 Å². The average molecular weight is 290 g/mol. The summed E-state index contributed by atoms with van der Waals surface area (Å²) in [6, 6.07) is 7.52. The molecule has 2 unspecified atom stereocenters. The number of anilines is 1. The first-order chi connectivity index (χ1) is 10.2. The van der Waals surface area contributed by atoms with Gasteiger partial charge in [0.15, 0.2) is 0 Å². The lowest BCUT2D eigenvalue weighted by molar-refractivity contribution is -0.120. The van der Waals surface area contributed by atoms with Gasteiger partial charge >= 0.3 is 0 Å². The fourth-order valence-corrected chi connectivity index (χ4v) is 2.75. The zero-order valence-corrected chi connectivity index (χ0v) is 12.8. The van der Waals surface area contributed by atoms with E-state index in [9.17, 15) is 4.79 Å². The van der Waals surface area contributed by atoms with Crippen LogP contribution in [0.15, 0.2) is 24.3 Å². The summed E-state index contributed by atoms with van der Waals surface area (Å²) in [6.45, 7) is 2.78. The van der Waals surface area contributed by atoms with Gasteiger partial charge in [0.05, 0.1) is 12.5 Å². The Balaban J connectivity index is 1.92. The van der Waals surface area contributed by atoms with E-state index in [0.29, 0.717) is 6.61 Å². The van der Waals surface area contributed by atoms with Gasteiger partial charge in [-0.25, -0.2) is 0 Å². The number of rotatable bonds is 5. The second-order valence-corrected chi connectivity index (χ2v) is 5.77. The molecule has 1 aromatic carbocycles.